The second kappa shape index (κ2) is 7.17. The Hall–Kier alpha value is -1.05. The van der Waals surface area contributed by atoms with Crippen LogP contribution in [0.1, 0.15) is 39.0 Å². The van der Waals surface area contributed by atoms with Gasteiger partial charge in [-0.2, -0.15) is 11.8 Å². The van der Waals surface area contributed by atoms with Gasteiger partial charge in [0.2, 0.25) is 5.91 Å². The summed E-state index contributed by atoms with van der Waals surface area (Å²) in [6.07, 6.45) is 4.69. The van der Waals surface area contributed by atoms with Crippen LogP contribution in [0.2, 0.25) is 0 Å². The van der Waals surface area contributed by atoms with Crippen molar-refractivity contribution in [2.45, 2.75) is 56.4 Å². The summed E-state index contributed by atoms with van der Waals surface area (Å²) in [7, 11) is 0. The van der Waals surface area contributed by atoms with E-state index in [2.05, 4.69) is 5.32 Å². The van der Waals surface area contributed by atoms with Gasteiger partial charge in [0.1, 0.15) is 5.70 Å². The summed E-state index contributed by atoms with van der Waals surface area (Å²) in [5.41, 5.74) is 1.19. The zero-order valence-corrected chi connectivity index (χ0v) is 16.0. The molecule has 1 saturated carbocycles. The Morgan fingerprint density at radius 2 is 2.15 bits per heavy atom. The van der Waals surface area contributed by atoms with Crippen LogP contribution >= 0.6 is 11.8 Å². The molecule has 1 aliphatic carbocycles. The van der Waals surface area contributed by atoms with Crippen molar-refractivity contribution in [1.29, 1.82) is 0 Å². The van der Waals surface area contributed by atoms with Crippen LogP contribution in [-0.4, -0.2) is 63.2 Å². The highest BCUT2D eigenvalue weighted by atomic mass is 32.2. The number of rotatable bonds is 5. The highest BCUT2D eigenvalue weighted by Crippen LogP contribution is 2.54. The predicted octanol–water partition coefficient (Wildman–Crippen LogP) is 1.45. The molecule has 3 fully saturated rings. The molecule has 2 saturated heterocycles. The molecule has 3 aliphatic heterocycles. The van der Waals surface area contributed by atoms with Gasteiger partial charge < -0.3 is 20.4 Å². The van der Waals surface area contributed by atoms with E-state index in [1.54, 1.807) is 6.92 Å². The molecule has 0 bridgehead atoms. The van der Waals surface area contributed by atoms with Gasteiger partial charge >= 0.3 is 5.97 Å². The smallest absolute Gasteiger partial charge is 0.352 e. The van der Waals surface area contributed by atoms with Crippen LogP contribution in [0, 0.1) is 17.8 Å². The number of nitrogens with zero attached hydrogens (tertiary/aromatic N) is 1. The summed E-state index contributed by atoms with van der Waals surface area (Å²) >= 11 is 1.88. The normalized spacial score (nSPS) is 37.8. The van der Waals surface area contributed by atoms with Crippen molar-refractivity contribution in [1.82, 2.24) is 10.2 Å². The summed E-state index contributed by atoms with van der Waals surface area (Å²) in [6.45, 7) is 3.79. The maximum Gasteiger partial charge on any atom is 0.352 e. The summed E-state index contributed by atoms with van der Waals surface area (Å²) < 4.78 is 0. The lowest BCUT2D eigenvalue weighted by molar-refractivity contribution is -0.163. The quantitative estimate of drug-likeness (QED) is 0.626. The first-order valence-corrected chi connectivity index (χ1v) is 10.9. The second-order valence-electron chi connectivity index (χ2n) is 8.15. The zero-order chi connectivity index (χ0) is 18.4. The van der Waals surface area contributed by atoms with E-state index < -0.39 is 18.0 Å². The number of carboxylic acids is 1. The van der Waals surface area contributed by atoms with Crippen molar-refractivity contribution in [2.75, 3.05) is 18.8 Å². The van der Waals surface area contributed by atoms with E-state index in [0.29, 0.717) is 5.92 Å². The van der Waals surface area contributed by atoms with E-state index in [9.17, 15) is 19.8 Å². The third-order valence-corrected chi connectivity index (χ3v) is 8.05. The minimum absolute atomic E-state index is 0.106. The van der Waals surface area contributed by atoms with Crippen molar-refractivity contribution in [3.8, 4) is 0 Å². The molecule has 1 amide bonds. The van der Waals surface area contributed by atoms with E-state index in [-0.39, 0.29) is 28.8 Å². The molecule has 7 heteroatoms. The summed E-state index contributed by atoms with van der Waals surface area (Å²) in [6, 6.07) is -0.150. The molecule has 4 aliphatic rings. The molecule has 6 atom stereocenters. The van der Waals surface area contributed by atoms with Crippen molar-refractivity contribution in [2.24, 2.45) is 17.8 Å². The summed E-state index contributed by atoms with van der Waals surface area (Å²) in [5.74, 6) is 0.140. The van der Waals surface area contributed by atoms with Crippen LogP contribution in [0.15, 0.2) is 11.3 Å². The lowest BCUT2D eigenvalue weighted by Gasteiger charge is -2.47. The molecule has 0 spiro atoms. The Labute approximate surface area is 158 Å². The minimum atomic E-state index is -0.989. The zero-order valence-electron chi connectivity index (χ0n) is 15.2. The predicted molar refractivity (Wildman–Crippen MR) is 99.6 cm³/mol. The molecule has 0 aromatic rings. The van der Waals surface area contributed by atoms with Crippen LogP contribution in [0.3, 0.4) is 0 Å². The molecule has 0 aromatic carbocycles. The molecule has 4 rings (SSSR count). The SMILES string of the molecule is C[C@@H](O)[C@H]1C(=O)N2C(C(=O)O)=C3[C@@H](SC[C@H]4CCCNC4)CCC[C@H]3[C@H]12. The van der Waals surface area contributed by atoms with E-state index in [1.165, 1.54) is 17.7 Å². The average molecular weight is 381 g/mol. The average Bonchev–Trinajstić information content (AvgIpc) is 2.92. The Morgan fingerprint density at radius 3 is 2.81 bits per heavy atom. The summed E-state index contributed by atoms with van der Waals surface area (Å²) in [4.78, 5) is 26.0. The van der Waals surface area contributed by atoms with Gasteiger partial charge in [-0.15, -0.1) is 0 Å². The molecule has 6 nitrogen and oxygen atoms in total. The Bertz CT molecular complexity index is 629. The number of aliphatic hydroxyl groups is 1. The van der Waals surface area contributed by atoms with Gasteiger partial charge in [-0.1, -0.05) is 6.42 Å². The van der Waals surface area contributed by atoms with Crippen LogP contribution in [0.25, 0.3) is 0 Å². The van der Waals surface area contributed by atoms with E-state index in [1.807, 2.05) is 11.8 Å². The van der Waals surface area contributed by atoms with Gasteiger partial charge in [-0.3, -0.25) is 4.79 Å². The standard InChI is InChI=1S/C19H28N2O4S/c1-10(22)14-16-12-5-2-6-13(26-9-11-4-3-7-20-8-11)15(12)17(19(24)25)21(16)18(14)23/h10-14,16,20,22H,2-9H2,1H3,(H,24,25)/t10-,11+,12-,13+,14-,16-/m1/s1. The molecular formula is C19H28N2O4S. The number of β-lactam (4-membered cyclic amide) rings is 1. The number of fused-ring (bicyclic) bond motifs is 3. The molecule has 0 aromatic heterocycles. The third kappa shape index (κ3) is 2.88. The topological polar surface area (TPSA) is 89.9 Å². The monoisotopic (exact) mass is 380 g/mol. The van der Waals surface area contributed by atoms with Crippen LogP contribution in [0.5, 0.6) is 0 Å². The van der Waals surface area contributed by atoms with Crippen LogP contribution in [-0.2, 0) is 9.59 Å². The number of carbonyl (C=O) groups is 2. The van der Waals surface area contributed by atoms with Gasteiger partial charge in [-0.05, 0) is 62.9 Å². The number of aliphatic carboxylic acids is 1. The fourth-order valence-corrected chi connectivity index (χ4v) is 6.91. The first-order valence-electron chi connectivity index (χ1n) is 9.81. The number of carboxylic acid groups (broad SMARTS) is 1. The fraction of sp³-hybridized carbons (Fsp3) is 0.789. The van der Waals surface area contributed by atoms with Crippen molar-refractivity contribution in [3.63, 3.8) is 0 Å². The molecule has 3 heterocycles. The van der Waals surface area contributed by atoms with Crippen molar-refractivity contribution < 1.29 is 19.8 Å². The number of aliphatic hydroxyl groups excluding tert-OH is 1. The molecular weight excluding hydrogens is 352 g/mol. The molecule has 3 N–H and O–H groups in total. The number of piperidine rings is 1. The van der Waals surface area contributed by atoms with E-state index in [4.69, 9.17) is 0 Å². The van der Waals surface area contributed by atoms with Crippen molar-refractivity contribution in [3.05, 3.63) is 11.3 Å². The van der Waals surface area contributed by atoms with Gasteiger partial charge in [0.15, 0.2) is 0 Å². The molecule has 144 valence electrons. The highest BCUT2D eigenvalue weighted by molar-refractivity contribution is 8.00. The Kier molecular flexibility index (Phi) is 5.05. The van der Waals surface area contributed by atoms with Gasteiger partial charge in [-0.25, -0.2) is 4.79 Å². The number of carbonyl (C=O) groups excluding carboxylic acids is 1. The third-order valence-electron chi connectivity index (χ3n) is 6.50. The summed E-state index contributed by atoms with van der Waals surface area (Å²) in [5, 5.41) is 23.5. The van der Waals surface area contributed by atoms with Crippen LogP contribution in [0.4, 0.5) is 0 Å². The Balaban J connectivity index is 1.56. The lowest BCUT2D eigenvalue weighted by Crippen LogP contribution is -2.64. The van der Waals surface area contributed by atoms with E-state index >= 15 is 0 Å². The van der Waals surface area contributed by atoms with E-state index in [0.717, 1.165) is 43.7 Å². The lowest BCUT2D eigenvalue weighted by atomic mass is 9.72. The van der Waals surface area contributed by atoms with Crippen LogP contribution < -0.4 is 5.32 Å². The maximum absolute atomic E-state index is 12.5. The number of amides is 1. The van der Waals surface area contributed by atoms with Gasteiger partial charge in [0.05, 0.1) is 18.1 Å². The number of thioether (sulfide) groups is 1. The minimum Gasteiger partial charge on any atom is -0.477 e. The fourth-order valence-electron chi connectivity index (χ4n) is 5.33. The molecule has 26 heavy (non-hydrogen) atoms. The molecule has 0 unspecified atom stereocenters. The number of hydrogen-bond donors (Lipinski definition) is 3. The van der Waals surface area contributed by atoms with Crippen molar-refractivity contribution >= 4 is 23.6 Å². The Morgan fingerprint density at radius 1 is 1.35 bits per heavy atom. The molecule has 0 radical (unpaired) electrons. The number of nitrogens with one attached hydrogen (secondary N) is 1. The maximum atomic E-state index is 12.5. The highest BCUT2D eigenvalue weighted by Gasteiger charge is 2.62. The van der Waals surface area contributed by atoms with Gasteiger partial charge in [0, 0.05) is 11.2 Å². The first kappa shape index (κ1) is 18.3. The number of hydrogen-bond acceptors (Lipinski definition) is 5. The first-order chi connectivity index (χ1) is 12.5. The second-order valence-corrected chi connectivity index (χ2v) is 9.38. The van der Waals surface area contributed by atoms with Gasteiger partial charge in [0.25, 0.3) is 0 Å². The largest absolute Gasteiger partial charge is 0.477 e.